The smallest absolute Gasteiger partial charge is 0.339 e. The number of methoxy groups -OCH3 is 1. The van der Waals surface area contributed by atoms with Gasteiger partial charge in [-0.15, -0.1) is 0 Å². The molecule has 1 N–H and O–H groups in total. The molecule has 0 aliphatic carbocycles. The first kappa shape index (κ1) is 17.0. The van der Waals surface area contributed by atoms with Gasteiger partial charge in [-0.1, -0.05) is 12.1 Å². The van der Waals surface area contributed by atoms with Crippen molar-refractivity contribution in [2.45, 2.75) is 19.3 Å². The second-order valence-corrected chi connectivity index (χ2v) is 6.09. The highest BCUT2D eigenvalue weighted by molar-refractivity contribution is 6.08. The van der Waals surface area contributed by atoms with E-state index in [1.807, 2.05) is 24.3 Å². The molecule has 0 radical (unpaired) electrons. The van der Waals surface area contributed by atoms with Crippen LogP contribution in [0.4, 0.5) is 11.4 Å². The molecule has 1 heterocycles. The number of carbonyl (C=O) groups excluding carboxylic acids is 2. The van der Waals surface area contributed by atoms with Gasteiger partial charge < -0.3 is 15.0 Å². The van der Waals surface area contributed by atoms with E-state index in [2.05, 4.69) is 10.2 Å². The Morgan fingerprint density at radius 1 is 0.960 bits per heavy atom. The molecule has 5 nitrogen and oxygen atoms in total. The molecule has 1 saturated heterocycles. The van der Waals surface area contributed by atoms with Crippen LogP contribution in [-0.4, -0.2) is 32.1 Å². The van der Waals surface area contributed by atoms with Gasteiger partial charge in [0.15, 0.2) is 0 Å². The largest absolute Gasteiger partial charge is 0.465 e. The number of ether oxygens (including phenoxy) is 1. The van der Waals surface area contributed by atoms with Crippen molar-refractivity contribution in [2.75, 3.05) is 30.4 Å². The van der Waals surface area contributed by atoms with Gasteiger partial charge in [-0.3, -0.25) is 4.79 Å². The summed E-state index contributed by atoms with van der Waals surface area (Å²) in [6.45, 7) is 2.14. The maximum Gasteiger partial charge on any atom is 0.339 e. The molecule has 0 aromatic heterocycles. The Labute approximate surface area is 147 Å². The molecule has 1 aliphatic heterocycles. The number of hydrogen-bond acceptors (Lipinski definition) is 4. The van der Waals surface area contributed by atoms with Crippen molar-refractivity contribution in [1.82, 2.24) is 0 Å². The second kappa shape index (κ2) is 7.83. The molecule has 130 valence electrons. The molecule has 5 heteroatoms. The van der Waals surface area contributed by atoms with E-state index in [0.717, 1.165) is 18.8 Å². The molecule has 1 amide bonds. The molecule has 2 aromatic carbocycles. The lowest BCUT2D eigenvalue weighted by atomic mass is 10.1. The van der Waals surface area contributed by atoms with Crippen molar-refractivity contribution in [3.63, 3.8) is 0 Å². The molecular formula is C20H22N2O3. The lowest BCUT2D eigenvalue weighted by Gasteiger charge is -2.28. The fourth-order valence-electron chi connectivity index (χ4n) is 3.05. The maximum absolute atomic E-state index is 12.5. The van der Waals surface area contributed by atoms with E-state index in [4.69, 9.17) is 4.74 Å². The Balaban J connectivity index is 1.72. The van der Waals surface area contributed by atoms with Gasteiger partial charge in [0.05, 0.1) is 18.4 Å². The number of benzene rings is 2. The first-order chi connectivity index (χ1) is 12.2. The summed E-state index contributed by atoms with van der Waals surface area (Å²) < 4.78 is 4.75. The number of amides is 1. The van der Waals surface area contributed by atoms with Crippen molar-refractivity contribution >= 4 is 23.3 Å². The fourth-order valence-corrected chi connectivity index (χ4v) is 3.05. The number of rotatable bonds is 4. The van der Waals surface area contributed by atoms with Crippen LogP contribution in [0.25, 0.3) is 0 Å². The predicted molar refractivity (Wildman–Crippen MR) is 98.2 cm³/mol. The van der Waals surface area contributed by atoms with E-state index in [1.165, 1.54) is 26.4 Å². The van der Waals surface area contributed by atoms with Crippen molar-refractivity contribution in [3.8, 4) is 0 Å². The van der Waals surface area contributed by atoms with Crippen LogP contribution in [0.15, 0.2) is 48.5 Å². The quantitative estimate of drug-likeness (QED) is 0.863. The highest BCUT2D eigenvalue weighted by atomic mass is 16.5. The Bertz CT molecular complexity index is 750. The summed E-state index contributed by atoms with van der Waals surface area (Å²) in [7, 11) is 1.32. The minimum Gasteiger partial charge on any atom is -0.465 e. The number of piperidine rings is 1. The van der Waals surface area contributed by atoms with Crippen LogP contribution < -0.4 is 10.2 Å². The summed E-state index contributed by atoms with van der Waals surface area (Å²) in [5.41, 5.74) is 2.48. The third-order valence-electron chi connectivity index (χ3n) is 4.43. The Hall–Kier alpha value is -2.82. The third-order valence-corrected chi connectivity index (χ3v) is 4.43. The second-order valence-electron chi connectivity index (χ2n) is 6.09. The Morgan fingerprint density at radius 3 is 2.32 bits per heavy atom. The van der Waals surface area contributed by atoms with Gasteiger partial charge >= 0.3 is 5.97 Å². The van der Waals surface area contributed by atoms with Crippen LogP contribution in [0.2, 0.25) is 0 Å². The van der Waals surface area contributed by atoms with Crippen molar-refractivity contribution in [2.24, 2.45) is 0 Å². The van der Waals surface area contributed by atoms with E-state index < -0.39 is 5.97 Å². The Morgan fingerprint density at radius 2 is 1.64 bits per heavy atom. The monoisotopic (exact) mass is 338 g/mol. The summed E-state index contributed by atoms with van der Waals surface area (Å²) in [4.78, 5) is 26.6. The van der Waals surface area contributed by atoms with Gasteiger partial charge in [0.25, 0.3) is 5.91 Å². The zero-order valence-corrected chi connectivity index (χ0v) is 14.3. The molecule has 25 heavy (non-hydrogen) atoms. The van der Waals surface area contributed by atoms with Crippen molar-refractivity contribution < 1.29 is 14.3 Å². The van der Waals surface area contributed by atoms with Gasteiger partial charge in [0, 0.05) is 24.3 Å². The highest BCUT2D eigenvalue weighted by Gasteiger charge is 2.15. The molecule has 0 unspecified atom stereocenters. The standard InChI is InChI=1S/C20H22N2O3/c1-25-20(24)17-7-3-4-8-18(17)21-19(23)15-9-11-16(12-10-15)22-13-5-2-6-14-22/h3-4,7-12H,2,5-6,13-14H2,1H3,(H,21,23). The van der Waals surface area contributed by atoms with Crippen LogP contribution in [0.1, 0.15) is 40.0 Å². The highest BCUT2D eigenvalue weighted by Crippen LogP contribution is 2.21. The number of nitrogens with one attached hydrogen (secondary N) is 1. The van der Waals surface area contributed by atoms with Crippen molar-refractivity contribution in [3.05, 3.63) is 59.7 Å². The first-order valence-electron chi connectivity index (χ1n) is 8.53. The number of esters is 1. The number of nitrogens with zero attached hydrogens (tertiary/aromatic N) is 1. The minimum absolute atomic E-state index is 0.249. The number of hydrogen-bond donors (Lipinski definition) is 1. The lowest BCUT2D eigenvalue weighted by molar-refractivity contribution is 0.0602. The number of para-hydroxylation sites is 1. The first-order valence-corrected chi connectivity index (χ1v) is 8.53. The molecule has 0 saturated carbocycles. The normalized spacial score (nSPS) is 14.0. The molecule has 1 aliphatic rings. The van der Waals surface area contributed by atoms with Crippen LogP contribution in [0.5, 0.6) is 0 Å². The zero-order chi connectivity index (χ0) is 17.6. The molecule has 0 spiro atoms. The van der Waals surface area contributed by atoms with E-state index in [-0.39, 0.29) is 5.91 Å². The lowest BCUT2D eigenvalue weighted by Crippen LogP contribution is -2.29. The van der Waals surface area contributed by atoms with Gasteiger partial charge in [-0.2, -0.15) is 0 Å². The summed E-state index contributed by atoms with van der Waals surface area (Å²) in [6, 6.07) is 14.4. The summed E-state index contributed by atoms with van der Waals surface area (Å²) >= 11 is 0. The molecule has 0 bridgehead atoms. The zero-order valence-electron chi connectivity index (χ0n) is 14.3. The van der Waals surface area contributed by atoms with E-state index >= 15 is 0 Å². The topological polar surface area (TPSA) is 58.6 Å². The van der Waals surface area contributed by atoms with Crippen LogP contribution in [0.3, 0.4) is 0 Å². The maximum atomic E-state index is 12.5. The predicted octanol–water partition coefficient (Wildman–Crippen LogP) is 3.72. The summed E-state index contributed by atoms with van der Waals surface area (Å²) in [5.74, 6) is -0.724. The van der Waals surface area contributed by atoms with E-state index in [1.54, 1.807) is 24.3 Å². The minimum atomic E-state index is -0.476. The summed E-state index contributed by atoms with van der Waals surface area (Å²) in [6.07, 6.45) is 3.72. The number of anilines is 2. The van der Waals surface area contributed by atoms with Crippen LogP contribution >= 0.6 is 0 Å². The van der Waals surface area contributed by atoms with Crippen LogP contribution in [0, 0.1) is 0 Å². The van der Waals surface area contributed by atoms with E-state index in [0.29, 0.717) is 16.8 Å². The van der Waals surface area contributed by atoms with Gasteiger partial charge in [0.1, 0.15) is 0 Å². The molecule has 2 aromatic rings. The summed E-state index contributed by atoms with van der Waals surface area (Å²) in [5, 5.41) is 2.79. The van der Waals surface area contributed by atoms with Crippen molar-refractivity contribution in [1.29, 1.82) is 0 Å². The molecule has 3 rings (SSSR count). The number of carbonyl (C=O) groups is 2. The third kappa shape index (κ3) is 3.99. The molecule has 0 atom stereocenters. The fraction of sp³-hybridized carbons (Fsp3) is 0.300. The average Bonchev–Trinajstić information content (AvgIpc) is 2.68. The SMILES string of the molecule is COC(=O)c1ccccc1NC(=O)c1ccc(N2CCCCC2)cc1. The Kier molecular flexibility index (Phi) is 5.33. The van der Waals surface area contributed by atoms with Gasteiger partial charge in [-0.25, -0.2) is 4.79 Å². The van der Waals surface area contributed by atoms with E-state index in [9.17, 15) is 9.59 Å². The van der Waals surface area contributed by atoms with Crippen LogP contribution in [-0.2, 0) is 4.74 Å². The van der Waals surface area contributed by atoms with Gasteiger partial charge in [-0.05, 0) is 55.7 Å². The molecule has 1 fully saturated rings. The van der Waals surface area contributed by atoms with Gasteiger partial charge in [0.2, 0.25) is 0 Å². The molecular weight excluding hydrogens is 316 g/mol. The average molecular weight is 338 g/mol.